The lowest BCUT2D eigenvalue weighted by Crippen LogP contribution is -1.99. The van der Waals surface area contributed by atoms with Crippen molar-refractivity contribution in [2.24, 2.45) is 0 Å². The fourth-order valence-electron chi connectivity index (χ4n) is 2.63. The molecule has 1 nitrogen and oxygen atoms in total. The molecule has 1 unspecified atom stereocenters. The lowest BCUT2D eigenvalue weighted by Gasteiger charge is -2.11. The average molecular weight is 294 g/mol. The molecule has 1 aromatic carbocycles. The van der Waals surface area contributed by atoms with Crippen molar-refractivity contribution in [1.82, 2.24) is 0 Å². The minimum Gasteiger partial charge on any atom is -0.388 e. The quantitative estimate of drug-likeness (QED) is 0.490. The summed E-state index contributed by atoms with van der Waals surface area (Å²) in [5.41, 5.74) is 1.34. The first kappa shape index (κ1) is 18.2. The van der Waals surface area contributed by atoms with Crippen LogP contribution in [0.15, 0.2) is 18.2 Å². The highest BCUT2D eigenvalue weighted by molar-refractivity contribution is 5.24. The van der Waals surface area contributed by atoms with Crippen molar-refractivity contribution in [3.8, 4) is 0 Å². The molecule has 120 valence electrons. The van der Waals surface area contributed by atoms with Crippen molar-refractivity contribution in [3.63, 3.8) is 0 Å². The molecular formula is C19H31FO. The van der Waals surface area contributed by atoms with Gasteiger partial charge in [-0.25, -0.2) is 4.39 Å². The van der Waals surface area contributed by atoms with Gasteiger partial charge in [-0.15, -0.1) is 0 Å². The molecule has 0 spiro atoms. The zero-order chi connectivity index (χ0) is 15.5. The summed E-state index contributed by atoms with van der Waals surface area (Å²) in [5.74, 6) is -0.223. The van der Waals surface area contributed by atoms with Gasteiger partial charge in [0.05, 0.1) is 6.10 Å². The smallest absolute Gasteiger partial charge is 0.126 e. The van der Waals surface area contributed by atoms with Crippen LogP contribution in [0.4, 0.5) is 4.39 Å². The first-order chi connectivity index (χ1) is 10.1. The van der Waals surface area contributed by atoms with E-state index in [2.05, 4.69) is 6.92 Å². The molecule has 0 aromatic heterocycles. The molecule has 0 fully saturated rings. The van der Waals surface area contributed by atoms with Crippen LogP contribution in [0.1, 0.15) is 88.4 Å². The summed E-state index contributed by atoms with van der Waals surface area (Å²) >= 11 is 0. The third-order valence-corrected chi connectivity index (χ3v) is 4.16. The van der Waals surface area contributed by atoms with Crippen LogP contribution >= 0.6 is 0 Å². The molecule has 0 saturated carbocycles. The third kappa shape index (κ3) is 7.61. The molecule has 1 N–H and O–H groups in total. The van der Waals surface area contributed by atoms with E-state index in [9.17, 15) is 9.50 Å². The summed E-state index contributed by atoms with van der Waals surface area (Å²) in [6.45, 7) is 3.98. The molecule has 0 heterocycles. The molecule has 1 atom stereocenters. The maximum Gasteiger partial charge on any atom is 0.126 e. The molecule has 0 radical (unpaired) electrons. The Morgan fingerprint density at radius 2 is 1.52 bits per heavy atom. The minimum atomic E-state index is -0.523. The van der Waals surface area contributed by atoms with Crippen molar-refractivity contribution >= 4 is 0 Å². The van der Waals surface area contributed by atoms with Gasteiger partial charge in [-0.1, -0.05) is 76.8 Å². The van der Waals surface area contributed by atoms with E-state index in [1.165, 1.54) is 57.4 Å². The Labute approximate surface area is 129 Å². The van der Waals surface area contributed by atoms with E-state index >= 15 is 0 Å². The summed E-state index contributed by atoms with van der Waals surface area (Å²) < 4.78 is 13.4. The van der Waals surface area contributed by atoms with Crippen LogP contribution in [0.3, 0.4) is 0 Å². The standard InChI is InChI=1S/C19H31FO/c1-3-4-5-6-7-8-9-10-11-12-19(21)17-14-13-16(2)18(20)15-17/h13-15,19,21H,3-12H2,1-2H3. The maximum absolute atomic E-state index is 13.4. The molecule has 1 rings (SSSR count). The van der Waals surface area contributed by atoms with Gasteiger partial charge in [0.2, 0.25) is 0 Å². The normalized spacial score (nSPS) is 12.6. The van der Waals surface area contributed by atoms with E-state index in [4.69, 9.17) is 0 Å². The SMILES string of the molecule is CCCCCCCCCCCC(O)c1ccc(C)c(F)c1. The number of benzene rings is 1. The second kappa shape index (κ2) is 10.8. The summed E-state index contributed by atoms with van der Waals surface area (Å²) in [7, 11) is 0. The van der Waals surface area contributed by atoms with Crippen LogP contribution < -0.4 is 0 Å². The van der Waals surface area contributed by atoms with Crippen molar-refractivity contribution < 1.29 is 9.50 Å². The summed E-state index contributed by atoms with van der Waals surface area (Å²) in [4.78, 5) is 0. The molecule has 0 bridgehead atoms. The number of aliphatic hydroxyl groups excluding tert-OH is 1. The number of hydrogen-bond donors (Lipinski definition) is 1. The molecule has 0 aliphatic heterocycles. The average Bonchev–Trinajstić information content (AvgIpc) is 2.48. The highest BCUT2D eigenvalue weighted by Crippen LogP contribution is 2.22. The first-order valence-corrected chi connectivity index (χ1v) is 8.59. The number of aliphatic hydroxyl groups is 1. The molecule has 0 amide bonds. The predicted molar refractivity (Wildman–Crippen MR) is 87.9 cm³/mol. The second-order valence-electron chi connectivity index (χ2n) is 6.14. The van der Waals surface area contributed by atoms with Crippen molar-refractivity contribution in [2.75, 3.05) is 0 Å². The number of unbranched alkanes of at least 4 members (excludes halogenated alkanes) is 8. The summed E-state index contributed by atoms with van der Waals surface area (Å²) in [6.07, 6.45) is 11.7. The first-order valence-electron chi connectivity index (χ1n) is 8.59. The topological polar surface area (TPSA) is 20.2 Å². The van der Waals surface area contributed by atoms with Crippen LogP contribution in [-0.4, -0.2) is 5.11 Å². The Bertz CT molecular complexity index is 389. The van der Waals surface area contributed by atoms with Gasteiger partial charge in [-0.05, 0) is 30.5 Å². The Morgan fingerprint density at radius 3 is 2.10 bits per heavy atom. The van der Waals surface area contributed by atoms with Crippen LogP contribution in [-0.2, 0) is 0 Å². The Balaban J connectivity index is 2.08. The molecule has 21 heavy (non-hydrogen) atoms. The largest absolute Gasteiger partial charge is 0.388 e. The van der Waals surface area contributed by atoms with Crippen LogP contribution in [0.25, 0.3) is 0 Å². The zero-order valence-corrected chi connectivity index (χ0v) is 13.7. The number of rotatable bonds is 11. The third-order valence-electron chi connectivity index (χ3n) is 4.16. The van der Waals surface area contributed by atoms with Gasteiger partial charge in [0.1, 0.15) is 5.82 Å². The van der Waals surface area contributed by atoms with Gasteiger partial charge in [0.25, 0.3) is 0 Å². The van der Waals surface area contributed by atoms with E-state index in [0.717, 1.165) is 12.8 Å². The number of halogens is 1. The summed E-state index contributed by atoms with van der Waals surface area (Å²) in [5, 5.41) is 10.1. The fraction of sp³-hybridized carbons (Fsp3) is 0.684. The van der Waals surface area contributed by atoms with E-state index in [0.29, 0.717) is 11.1 Å². The van der Waals surface area contributed by atoms with Gasteiger partial charge >= 0.3 is 0 Å². The highest BCUT2D eigenvalue weighted by Gasteiger charge is 2.09. The van der Waals surface area contributed by atoms with Crippen LogP contribution in [0, 0.1) is 12.7 Å². The fourth-order valence-corrected chi connectivity index (χ4v) is 2.63. The Morgan fingerprint density at radius 1 is 0.952 bits per heavy atom. The molecule has 0 aliphatic rings. The lowest BCUT2D eigenvalue weighted by atomic mass is 10.0. The van der Waals surface area contributed by atoms with E-state index < -0.39 is 6.10 Å². The zero-order valence-electron chi connectivity index (χ0n) is 13.7. The van der Waals surface area contributed by atoms with Gasteiger partial charge < -0.3 is 5.11 Å². The minimum absolute atomic E-state index is 0.223. The van der Waals surface area contributed by atoms with E-state index in [1.54, 1.807) is 13.0 Å². The molecule has 2 heteroatoms. The van der Waals surface area contributed by atoms with Crippen molar-refractivity contribution in [3.05, 3.63) is 35.1 Å². The number of hydrogen-bond acceptors (Lipinski definition) is 1. The molecule has 0 aliphatic carbocycles. The monoisotopic (exact) mass is 294 g/mol. The van der Waals surface area contributed by atoms with Gasteiger partial charge in [0.15, 0.2) is 0 Å². The van der Waals surface area contributed by atoms with Gasteiger partial charge in [-0.2, -0.15) is 0 Å². The second-order valence-corrected chi connectivity index (χ2v) is 6.14. The van der Waals surface area contributed by atoms with Crippen LogP contribution in [0.5, 0.6) is 0 Å². The number of aryl methyl sites for hydroxylation is 1. The Hall–Kier alpha value is -0.890. The molecule has 1 aromatic rings. The van der Waals surface area contributed by atoms with Gasteiger partial charge in [0, 0.05) is 0 Å². The van der Waals surface area contributed by atoms with Gasteiger partial charge in [-0.3, -0.25) is 0 Å². The summed E-state index contributed by atoms with van der Waals surface area (Å²) in [6, 6.07) is 5.04. The molecular weight excluding hydrogens is 263 g/mol. The Kier molecular flexibility index (Phi) is 9.32. The van der Waals surface area contributed by atoms with E-state index in [-0.39, 0.29) is 5.82 Å². The van der Waals surface area contributed by atoms with Crippen LogP contribution in [0.2, 0.25) is 0 Å². The van der Waals surface area contributed by atoms with E-state index in [1.807, 2.05) is 6.07 Å². The van der Waals surface area contributed by atoms with Crippen molar-refractivity contribution in [2.45, 2.75) is 84.2 Å². The maximum atomic E-state index is 13.4. The lowest BCUT2D eigenvalue weighted by molar-refractivity contribution is 0.163. The molecule has 0 saturated heterocycles. The predicted octanol–water partition coefficient (Wildman–Crippen LogP) is 6.09. The highest BCUT2D eigenvalue weighted by atomic mass is 19.1. The van der Waals surface area contributed by atoms with Crippen molar-refractivity contribution in [1.29, 1.82) is 0 Å².